The molecule has 0 fully saturated rings. The van der Waals surface area contributed by atoms with Gasteiger partial charge < -0.3 is 15.5 Å². The first-order chi connectivity index (χ1) is 16.2. The van der Waals surface area contributed by atoms with Crippen molar-refractivity contribution < 1.29 is 9.59 Å². The van der Waals surface area contributed by atoms with Gasteiger partial charge in [0, 0.05) is 37.7 Å². The predicted octanol–water partition coefficient (Wildman–Crippen LogP) is 5.66. The highest BCUT2D eigenvalue weighted by molar-refractivity contribution is 5.89. The number of carbonyl (C=O) groups is 2. The van der Waals surface area contributed by atoms with Gasteiger partial charge in [-0.3, -0.25) is 4.79 Å². The minimum atomic E-state index is -0.177. The molecule has 3 aromatic rings. The average molecular weight is 444 g/mol. The second-order valence-corrected chi connectivity index (χ2v) is 8.05. The lowest BCUT2D eigenvalue weighted by molar-refractivity contribution is -0.121. The van der Waals surface area contributed by atoms with Crippen LogP contribution in [0.1, 0.15) is 43.2 Å². The summed E-state index contributed by atoms with van der Waals surface area (Å²) in [4.78, 5) is 26.8. The summed E-state index contributed by atoms with van der Waals surface area (Å²) in [6.45, 7) is 3.60. The van der Waals surface area contributed by atoms with E-state index in [1.54, 1.807) is 4.90 Å². The number of anilines is 1. The zero-order valence-corrected chi connectivity index (χ0v) is 19.2. The fourth-order valence-electron chi connectivity index (χ4n) is 3.89. The number of hydrogen-bond donors (Lipinski definition) is 2. The van der Waals surface area contributed by atoms with E-state index < -0.39 is 0 Å². The Kier molecular flexibility index (Phi) is 9.52. The first-order valence-electron chi connectivity index (χ1n) is 11.6. The zero-order valence-electron chi connectivity index (χ0n) is 19.2. The van der Waals surface area contributed by atoms with Crippen molar-refractivity contribution in [2.45, 2.75) is 32.1 Å². The highest BCUT2D eigenvalue weighted by Gasteiger charge is 2.16. The molecule has 0 saturated heterocycles. The van der Waals surface area contributed by atoms with Crippen LogP contribution in [0.15, 0.2) is 91.0 Å². The minimum absolute atomic E-state index is 0.0384. The van der Waals surface area contributed by atoms with Crippen LogP contribution in [0.4, 0.5) is 10.5 Å². The second-order valence-electron chi connectivity index (χ2n) is 8.05. The highest BCUT2D eigenvalue weighted by Crippen LogP contribution is 2.27. The van der Waals surface area contributed by atoms with E-state index in [0.29, 0.717) is 19.6 Å². The van der Waals surface area contributed by atoms with Crippen molar-refractivity contribution in [2.24, 2.45) is 0 Å². The molecular weight excluding hydrogens is 410 g/mol. The third-order valence-corrected chi connectivity index (χ3v) is 5.57. The van der Waals surface area contributed by atoms with Crippen LogP contribution in [0.5, 0.6) is 0 Å². The number of carbonyl (C=O) groups excluding carboxylic acids is 2. The topological polar surface area (TPSA) is 61.4 Å². The van der Waals surface area contributed by atoms with Gasteiger partial charge in [-0.2, -0.15) is 0 Å². The Morgan fingerprint density at radius 2 is 1.33 bits per heavy atom. The Bertz CT molecular complexity index is 938. The number of urea groups is 1. The van der Waals surface area contributed by atoms with Gasteiger partial charge in [-0.25, -0.2) is 4.79 Å². The van der Waals surface area contributed by atoms with Gasteiger partial charge in [0.2, 0.25) is 5.91 Å². The smallest absolute Gasteiger partial charge is 0.321 e. The van der Waals surface area contributed by atoms with E-state index in [1.807, 2.05) is 73.7 Å². The molecule has 0 aromatic heterocycles. The lowest BCUT2D eigenvalue weighted by Gasteiger charge is -2.22. The highest BCUT2D eigenvalue weighted by atomic mass is 16.2. The van der Waals surface area contributed by atoms with E-state index in [9.17, 15) is 9.59 Å². The van der Waals surface area contributed by atoms with E-state index in [-0.39, 0.29) is 24.3 Å². The lowest BCUT2D eigenvalue weighted by Crippen LogP contribution is -2.38. The van der Waals surface area contributed by atoms with Gasteiger partial charge in [0.25, 0.3) is 0 Å². The van der Waals surface area contributed by atoms with Crippen molar-refractivity contribution in [3.05, 3.63) is 102 Å². The number of nitrogens with one attached hydrogen (secondary N) is 2. The second kappa shape index (κ2) is 13.1. The number of amides is 3. The van der Waals surface area contributed by atoms with Gasteiger partial charge >= 0.3 is 6.03 Å². The van der Waals surface area contributed by atoms with Crippen molar-refractivity contribution in [3.8, 4) is 0 Å². The number of benzene rings is 3. The average Bonchev–Trinajstić information content (AvgIpc) is 2.86. The third kappa shape index (κ3) is 7.79. The van der Waals surface area contributed by atoms with Crippen LogP contribution in [0.3, 0.4) is 0 Å². The molecule has 0 heterocycles. The molecule has 5 heteroatoms. The van der Waals surface area contributed by atoms with Crippen molar-refractivity contribution >= 4 is 17.6 Å². The molecule has 2 N–H and O–H groups in total. The van der Waals surface area contributed by atoms with Gasteiger partial charge in [0.15, 0.2) is 0 Å². The van der Waals surface area contributed by atoms with E-state index in [1.165, 1.54) is 11.1 Å². The summed E-state index contributed by atoms with van der Waals surface area (Å²) >= 11 is 0. The Labute approximate surface area is 196 Å². The maximum Gasteiger partial charge on any atom is 0.321 e. The van der Waals surface area contributed by atoms with E-state index in [4.69, 9.17) is 0 Å². The third-order valence-electron chi connectivity index (χ3n) is 5.57. The molecule has 0 aliphatic rings. The van der Waals surface area contributed by atoms with Gasteiger partial charge in [-0.1, -0.05) is 85.8 Å². The molecule has 0 unspecified atom stereocenters. The van der Waals surface area contributed by atoms with E-state index in [2.05, 4.69) is 34.9 Å². The first-order valence-corrected chi connectivity index (χ1v) is 11.6. The number of para-hydroxylation sites is 1. The Balaban J connectivity index is 1.50. The number of nitrogens with zero attached hydrogens (tertiary/aromatic N) is 1. The fraction of sp³-hybridized carbons (Fsp3) is 0.286. The van der Waals surface area contributed by atoms with Gasteiger partial charge in [-0.15, -0.1) is 0 Å². The monoisotopic (exact) mass is 443 g/mol. The summed E-state index contributed by atoms with van der Waals surface area (Å²) in [5.41, 5.74) is 3.23. The minimum Gasteiger partial charge on any atom is -0.356 e. The van der Waals surface area contributed by atoms with Crippen molar-refractivity contribution in [1.82, 2.24) is 10.2 Å². The molecule has 0 spiro atoms. The lowest BCUT2D eigenvalue weighted by atomic mass is 9.88. The predicted molar refractivity (Wildman–Crippen MR) is 134 cm³/mol. The van der Waals surface area contributed by atoms with E-state index in [0.717, 1.165) is 18.5 Å². The van der Waals surface area contributed by atoms with Gasteiger partial charge in [0.1, 0.15) is 0 Å². The largest absolute Gasteiger partial charge is 0.356 e. The molecule has 0 saturated carbocycles. The summed E-state index contributed by atoms with van der Waals surface area (Å²) < 4.78 is 0. The Hall–Kier alpha value is -3.60. The molecular formula is C28H33N3O2. The number of hydrogen-bond acceptors (Lipinski definition) is 2. The van der Waals surface area contributed by atoms with Crippen LogP contribution < -0.4 is 10.6 Å². The van der Waals surface area contributed by atoms with Crippen molar-refractivity contribution in [2.75, 3.05) is 25.0 Å². The molecule has 3 rings (SSSR count). The van der Waals surface area contributed by atoms with Crippen LogP contribution in [-0.4, -0.2) is 36.5 Å². The van der Waals surface area contributed by atoms with Crippen LogP contribution >= 0.6 is 0 Å². The summed E-state index contributed by atoms with van der Waals surface area (Å²) in [5, 5.41) is 5.94. The standard InChI is InChI=1S/C28H33N3O2/c1-2-21-31(28(33)30-25-16-10-5-11-17-25)22-19-27(32)29-20-18-26(23-12-6-3-7-13-23)24-14-8-4-9-15-24/h3-17,26H,2,18-22H2,1H3,(H,29,32)(H,30,33). The van der Waals surface area contributed by atoms with Crippen LogP contribution in [0.25, 0.3) is 0 Å². The van der Waals surface area contributed by atoms with Crippen LogP contribution in [0.2, 0.25) is 0 Å². The maximum absolute atomic E-state index is 12.6. The normalized spacial score (nSPS) is 10.6. The molecule has 172 valence electrons. The summed E-state index contributed by atoms with van der Waals surface area (Å²) in [5.74, 6) is 0.185. The zero-order chi connectivity index (χ0) is 23.3. The fourth-order valence-corrected chi connectivity index (χ4v) is 3.89. The molecule has 0 radical (unpaired) electrons. The first kappa shape index (κ1) is 24.1. The number of rotatable bonds is 11. The summed E-state index contributed by atoms with van der Waals surface area (Å²) in [6, 6.07) is 30.0. The summed E-state index contributed by atoms with van der Waals surface area (Å²) in [6.07, 6.45) is 1.93. The maximum atomic E-state index is 12.6. The molecule has 33 heavy (non-hydrogen) atoms. The Morgan fingerprint density at radius 3 is 1.88 bits per heavy atom. The Morgan fingerprint density at radius 1 is 0.788 bits per heavy atom. The molecule has 0 aliphatic carbocycles. The quantitative estimate of drug-likeness (QED) is 0.402. The van der Waals surface area contributed by atoms with Crippen molar-refractivity contribution in [1.29, 1.82) is 0 Å². The van der Waals surface area contributed by atoms with Crippen LogP contribution in [0, 0.1) is 0 Å². The van der Waals surface area contributed by atoms with E-state index >= 15 is 0 Å². The van der Waals surface area contributed by atoms with Crippen molar-refractivity contribution in [3.63, 3.8) is 0 Å². The molecule has 3 amide bonds. The SMILES string of the molecule is CCCN(CCC(=O)NCCC(c1ccccc1)c1ccccc1)C(=O)Nc1ccccc1. The molecule has 0 atom stereocenters. The molecule has 0 aliphatic heterocycles. The molecule has 3 aromatic carbocycles. The molecule has 5 nitrogen and oxygen atoms in total. The molecule has 0 bridgehead atoms. The van der Waals surface area contributed by atoms with Gasteiger partial charge in [-0.05, 0) is 36.1 Å². The van der Waals surface area contributed by atoms with Gasteiger partial charge in [0.05, 0.1) is 0 Å². The van der Waals surface area contributed by atoms with Crippen LogP contribution in [-0.2, 0) is 4.79 Å². The summed E-state index contributed by atoms with van der Waals surface area (Å²) in [7, 11) is 0.